The van der Waals surface area contributed by atoms with E-state index in [-0.39, 0.29) is 5.78 Å². The van der Waals surface area contributed by atoms with Gasteiger partial charge in [-0.15, -0.1) is 0 Å². The van der Waals surface area contributed by atoms with Crippen molar-refractivity contribution >= 4 is 49.2 Å². The van der Waals surface area contributed by atoms with Gasteiger partial charge in [-0.05, 0) is 59.3 Å². The summed E-state index contributed by atoms with van der Waals surface area (Å²) < 4.78 is 7.33. The highest BCUT2D eigenvalue weighted by atomic mass is 79.9. The maximum Gasteiger partial charge on any atom is 0.163 e. The number of Topliss-reactive ketones (excluding diaryl/α,β-unsaturated/α-hetero) is 1. The second-order valence-electron chi connectivity index (χ2n) is 3.87. The van der Waals surface area contributed by atoms with Gasteiger partial charge >= 0.3 is 0 Å². The number of hydrogen-bond acceptors (Lipinski definition) is 2. The second-order valence-corrected chi connectivity index (χ2v) is 6.08. The summed E-state index contributed by atoms with van der Waals surface area (Å²) in [6, 6.07) is 10.5. The molecule has 0 spiro atoms. The summed E-state index contributed by atoms with van der Waals surface area (Å²) in [5.41, 5.74) is 0.524. The third kappa shape index (κ3) is 3.59. The molecule has 0 unspecified atom stereocenters. The molecule has 2 aromatic carbocycles. The summed E-state index contributed by atoms with van der Waals surface area (Å²) in [4.78, 5) is 11.6. The number of carbonyl (C=O) groups is 1. The normalized spacial score (nSPS) is 10.3. The van der Waals surface area contributed by atoms with Crippen LogP contribution in [0.4, 0.5) is 0 Å². The fraction of sp³-hybridized carbons (Fsp3) is 0.0714. The highest BCUT2D eigenvalue weighted by Gasteiger charge is 2.11. The van der Waals surface area contributed by atoms with E-state index >= 15 is 0 Å². The van der Waals surface area contributed by atoms with Crippen LogP contribution in [0.5, 0.6) is 11.5 Å². The van der Waals surface area contributed by atoms with Gasteiger partial charge in [-0.3, -0.25) is 4.79 Å². The minimum atomic E-state index is -0.0543. The molecule has 2 rings (SSSR count). The molecule has 0 saturated heterocycles. The zero-order valence-corrected chi connectivity index (χ0v) is 13.8. The van der Waals surface area contributed by atoms with Gasteiger partial charge in [-0.1, -0.05) is 27.5 Å². The number of ketones is 1. The van der Waals surface area contributed by atoms with E-state index in [2.05, 4.69) is 31.9 Å². The molecule has 0 aliphatic carbocycles. The van der Waals surface area contributed by atoms with E-state index in [0.717, 1.165) is 8.95 Å². The minimum absolute atomic E-state index is 0.0543. The van der Waals surface area contributed by atoms with Gasteiger partial charge < -0.3 is 4.74 Å². The zero-order chi connectivity index (χ0) is 14.0. The lowest BCUT2D eigenvalue weighted by molar-refractivity contribution is 0.101. The summed E-state index contributed by atoms with van der Waals surface area (Å²) >= 11 is 12.6. The molecule has 98 valence electrons. The van der Waals surface area contributed by atoms with Crippen molar-refractivity contribution in [1.29, 1.82) is 0 Å². The van der Waals surface area contributed by atoms with E-state index in [1.807, 2.05) is 6.07 Å². The van der Waals surface area contributed by atoms with Crippen LogP contribution in [0.1, 0.15) is 17.3 Å². The highest BCUT2D eigenvalue weighted by molar-refractivity contribution is 9.10. The Kier molecular flexibility index (Phi) is 4.66. The largest absolute Gasteiger partial charge is 0.455 e. The van der Waals surface area contributed by atoms with Gasteiger partial charge in [0.25, 0.3) is 0 Å². The van der Waals surface area contributed by atoms with Gasteiger partial charge in [0, 0.05) is 9.50 Å². The van der Waals surface area contributed by atoms with Crippen LogP contribution in [0.15, 0.2) is 45.3 Å². The molecule has 0 saturated carbocycles. The smallest absolute Gasteiger partial charge is 0.163 e. The number of halogens is 3. The average Bonchev–Trinajstić information content (AvgIpc) is 2.34. The van der Waals surface area contributed by atoms with Crippen LogP contribution in [0.25, 0.3) is 0 Å². The van der Waals surface area contributed by atoms with E-state index in [1.165, 1.54) is 6.92 Å². The van der Waals surface area contributed by atoms with Crippen molar-refractivity contribution in [2.45, 2.75) is 6.92 Å². The van der Waals surface area contributed by atoms with Crippen LogP contribution in [0.3, 0.4) is 0 Å². The first kappa shape index (κ1) is 14.6. The second kappa shape index (κ2) is 6.07. The van der Waals surface area contributed by atoms with E-state index in [1.54, 1.807) is 30.3 Å². The predicted octanol–water partition coefficient (Wildman–Crippen LogP) is 5.86. The molecular formula is C14H9Br2ClO2. The third-order valence-electron chi connectivity index (χ3n) is 2.43. The fourth-order valence-electron chi connectivity index (χ4n) is 1.54. The van der Waals surface area contributed by atoms with Crippen LogP contribution in [0, 0.1) is 0 Å². The standard InChI is InChI=1S/C14H9Br2ClO2/c1-8(18)11-6-9(15)2-4-13(11)19-14-5-3-10(17)7-12(14)16/h2-7H,1H3. The Balaban J connectivity index is 2.40. The number of rotatable bonds is 3. The lowest BCUT2D eigenvalue weighted by atomic mass is 10.1. The summed E-state index contributed by atoms with van der Waals surface area (Å²) in [5, 5.41) is 0.613. The molecule has 2 aromatic rings. The molecule has 0 heterocycles. The van der Waals surface area contributed by atoms with Crippen molar-refractivity contribution in [2.24, 2.45) is 0 Å². The van der Waals surface area contributed by atoms with E-state index in [4.69, 9.17) is 16.3 Å². The van der Waals surface area contributed by atoms with Crippen molar-refractivity contribution < 1.29 is 9.53 Å². The molecule has 0 radical (unpaired) electrons. The van der Waals surface area contributed by atoms with Gasteiger partial charge in [0.2, 0.25) is 0 Å². The Bertz CT molecular complexity index is 641. The average molecular weight is 404 g/mol. The van der Waals surface area contributed by atoms with Crippen molar-refractivity contribution in [3.8, 4) is 11.5 Å². The topological polar surface area (TPSA) is 26.3 Å². The molecular weight excluding hydrogens is 395 g/mol. The number of benzene rings is 2. The molecule has 0 bridgehead atoms. The molecule has 0 aromatic heterocycles. The quantitative estimate of drug-likeness (QED) is 0.599. The molecule has 5 heteroatoms. The predicted molar refractivity (Wildman–Crippen MR) is 83.4 cm³/mol. The fourth-order valence-corrected chi connectivity index (χ4v) is 2.67. The van der Waals surface area contributed by atoms with Crippen molar-refractivity contribution in [1.82, 2.24) is 0 Å². The van der Waals surface area contributed by atoms with Crippen LogP contribution < -0.4 is 4.74 Å². The molecule has 0 aliphatic rings. The molecule has 0 N–H and O–H groups in total. The van der Waals surface area contributed by atoms with Crippen LogP contribution in [0.2, 0.25) is 5.02 Å². The summed E-state index contributed by atoms with van der Waals surface area (Å²) in [6.07, 6.45) is 0. The van der Waals surface area contributed by atoms with Crippen LogP contribution >= 0.6 is 43.5 Å². The number of carbonyl (C=O) groups excluding carboxylic acids is 1. The highest BCUT2D eigenvalue weighted by Crippen LogP contribution is 2.34. The summed E-state index contributed by atoms with van der Waals surface area (Å²) in [6.45, 7) is 1.51. The first-order valence-corrected chi connectivity index (χ1v) is 7.37. The third-order valence-corrected chi connectivity index (χ3v) is 3.78. The van der Waals surface area contributed by atoms with Gasteiger partial charge in [0.05, 0.1) is 10.0 Å². The molecule has 0 fully saturated rings. The molecule has 2 nitrogen and oxygen atoms in total. The SMILES string of the molecule is CC(=O)c1cc(Br)ccc1Oc1ccc(Cl)cc1Br. The molecule has 0 atom stereocenters. The molecule has 0 amide bonds. The number of ether oxygens (including phenoxy) is 1. The number of hydrogen-bond donors (Lipinski definition) is 0. The maximum atomic E-state index is 11.6. The Morgan fingerprint density at radius 1 is 1.11 bits per heavy atom. The lowest BCUT2D eigenvalue weighted by Crippen LogP contribution is -1.97. The minimum Gasteiger partial charge on any atom is -0.455 e. The van der Waals surface area contributed by atoms with Crippen LogP contribution in [-0.2, 0) is 0 Å². The Morgan fingerprint density at radius 3 is 2.42 bits per heavy atom. The summed E-state index contributed by atoms with van der Waals surface area (Å²) in [5.74, 6) is 1.06. The van der Waals surface area contributed by atoms with Crippen molar-refractivity contribution in [3.63, 3.8) is 0 Å². The van der Waals surface area contributed by atoms with E-state index in [9.17, 15) is 4.79 Å². The molecule has 0 aliphatic heterocycles. The monoisotopic (exact) mass is 402 g/mol. The maximum absolute atomic E-state index is 11.6. The van der Waals surface area contributed by atoms with Gasteiger partial charge in [-0.2, -0.15) is 0 Å². The van der Waals surface area contributed by atoms with Crippen molar-refractivity contribution in [3.05, 3.63) is 55.9 Å². The Labute approximate surface area is 133 Å². The van der Waals surface area contributed by atoms with Gasteiger partial charge in [0.15, 0.2) is 5.78 Å². The summed E-state index contributed by atoms with van der Waals surface area (Å²) in [7, 11) is 0. The molecule has 19 heavy (non-hydrogen) atoms. The Hall–Kier alpha value is -0.840. The Morgan fingerprint density at radius 2 is 1.79 bits per heavy atom. The van der Waals surface area contributed by atoms with Gasteiger partial charge in [-0.25, -0.2) is 0 Å². The first-order chi connectivity index (χ1) is 8.97. The van der Waals surface area contributed by atoms with Gasteiger partial charge in [0.1, 0.15) is 11.5 Å². The van der Waals surface area contributed by atoms with E-state index in [0.29, 0.717) is 22.1 Å². The van der Waals surface area contributed by atoms with Crippen LogP contribution in [-0.4, -0.2) is 5.78 Å². The first-order valence-electron chi connectivity index (χ1n) is 5.41. The van der Waals surface area contributed by atoms with Crippen molar-refractivity contribution in [2.75, 3.05) is 0 Å². The lowest BCUT2D eigenvalue weighted by Gasteiger charge is -2.11. The zero-order valence-electron chi connectivity index (χ0n) is 9.91. The van der Waals surface area contributed by atoms with E-state index < -0.39 is 0 Å².